The number of rotatable bonds is 7. The Morgan fingerprint density at radius 1 is 0.700 bits per heavy atom. The van der Waals surface area contributed by atoms with E-state index in [9.17, 15) is 24.4 Å². The van der Waals surface area contributed by atoms with E-state index in [-0.39, 0.29) is 47.4 Å². The van der Waals surface area contributed by atoms with Crippen molar-refractivity contribution in [2.24, 2.45) is 10.8 Å². The number of amides is 4. The molecular weight excluding hydrogens is 769 g/mol. The van der Waals surface area contributed by atoms with Crippen molar-refractivity contribution in [1.82, 2.24) is 49.1 Å². The Kier molecular flexibility index (Phi) is 11.2. The Morgan fingerprint density at radius 2 is 1.12 bits per heavy atom. The summed E-state index contributed by atoms with van der Waals surface area (Å²) < 4.78 is 15.2. The highest BCUT2D eigenvalue weighted by Crippen LogP contribution is 2.37. The van der Waals surface area contributed by atoms with Gasteiger partial charge in [-0.2, -0.15) is 10.5 Å². The quantitative estimate of drug-likeness (QED) is 0.269. The van der Waals surface area contributed by atoms with Crippen molar-refractivity contribution in [3.8, 4) is 12.1 Å². The highest BCUT2D eigenvalue weighted by molar-refractivity contribution is 6.03. The second-order valence-electron chi connectivity index (χ2n) is 18.4. The number of likely N-dealkylation sites (tertiary alicyclic amines) is 1. The first-order valence-corrected chi connectivity index (χ1v) is 20.4. The molecule has 0 radical (unpaired) electrons. The summed E-state index contributed by atoms with van der Waals surface area (Å²) in [5, 5.41) is 23.1. The first-order chi connectivity index (χ1) is 28.4. The number of carbonyl (C=O) groups excluding carboxylic acids is 4. The van der Waals surface area contributed by atoms with Gasteiger partial charge in [-0.15, -0.1) is 0 Å². The van der Waals surface area contributed by atoms with Gasteiger partial charge in [0.2, 0.25) is 11.6 Å². The lowest BCUT2D eigenvalue weighted by atomic mass is 9.90. The van der Waals surface area contributed by atoms with E-state index in [1.165, 1.54) is 9.80 Å². The van der Waals surface area contributed by atoms with E-state index in [0.717, 1.165) is 41.8 Å². The van der Waals surface area contributed by atoms with Crippen molar-refractivity contribution in [3.05, 3.63) is 47.6 Å². The third kappa shape index (κ3) is 8.26. The number of hydrogen-bond donors (Lipinski definition) is 1. The molecular formula is C42H52N12O6. The molecule has 0 aromatic carbocycles. The standard InChI is InChI=1S/C22H28N6O3.C20H24N6O3/c1-5-26-8-6-22(7-9-26)19(29)27(20(30)31-22)13-16-10-15-12-24-17(11-23)25-18(15)28(16)14-21(2,3)4;1-19(2,3)12-26-14(8-13-10-23-15(9-21)24-16(13)26)11-25-17(27)20(29-18(25)28)4-6-22-7-5-20/h10,12H,5-9,13-14H2,1-4H3;8,10,22H,4-7,11-12H2,1-3H3. The lowest BCUT2D eigenvalue weighted by molar-refractivity contribution is -0.140. The van der Waals surface area contributed by atoms with Gasteiger partial charge in [0, 0.05) is 86.4 Å². The molecule has 4 amide bonds. The van der Waals surface area contributed by atoms with Crippen molar-refractivity contribution < 1.29 is 28.7 Å². The number of nitrogens with zero attached hydrogens (tertiary/aromatic N) is 11. The highest BCUT2D eigenvalue weighted by Gasteiger charge is 2.56. The van der Waals surface area contributed by atoms with Gasteiger partial charge in [-0.3, -0.25) is 9.59 Å². The number of fused-ring (bicyclic) bond motifs is 2. The van der Waals surface area contributed by atoms with Gasteiger partial charge in [-0.25, -0.2) is 39.3 Å². The fourth-order valence-corrected chi connectivity index (χ4v) is 8.34. The lowest BCUT2D eigenvalue weighted by Gasteiger charge is -2.35. The molecule has 4 saturated heterocycles. The lowest BCUT2D eigenvalue weighted by Crippen LogP contribution is -2.49. The number of imide groups is 2. The van der Waals surface area contributed by atoms with Gasteiger partial charge < -0.3 is 28.8 Å². The molecule has 60 heavy (non-hydrogen) atoms. The van der Waals surface area contributed by atoms with Gasteiger partial charge in [-0.1, -0.05) is 48.5 Å². The van der Waals surface area contributed by atoms with Gasteiger partial charge in [0.1, 0.15) is 23.4 Å². The number of hydrogen-bond acceptors (Lipinski definition) is 14. The van der Waals surface area contributed by atoms with Crippen LogP contribution in [-0.2, 0) is 45.2 Å². The van der Waals surface area contributed by atoms with Gasteiger partial charge in [0.15, 0.2) is 11.2 Å². The van der Waals surface area contributed by atoms with Crippen molar-refractivity contribution in [2.45, 2.75) is 112 Å². The minimum atomic E-state index is -1.04. The minimum absolute atomic E-state index is 0.0791. The fraction of sp³-hybridized carbons (Fsp3) is 0.571. The van der Waals surface area contributed by atoms with Gasteiger partial charge in [-0.05, 0) is 42.6 Å². The third-order valence-corrected chi connectivity index (χ3v) is 11.3. The van der Waals surface area contributed by atoms with Crippen LogP contribution < -0.4 is 5.32 Å². The topological polar surface area (TPSA) is 217 Å². The average Bonchev–Trinajstić information content (AvgIpc) is 3.85. The first kappa shape index (κ1) is 42.2. The average molecular weight is 821 g/mol. The summed E-state index contributed by atoms with van der Waals surface area (Å²) in [5.74, 6) is -0.363. The summed E-state index contributed by atoms with van der Waals surface area (Å²) in [6.07, 6.45) is 4.01. The number of aromatic nitrogens is 6. The van der Waals surface area contributed by atoms with Gasteiger partial charge >= 0.3 is 12.2 Å². The zero-order valence-corrected chi connectivity index (χ0v) is 35.4. The van der Waals surface area contributed by atoms with Crippen LogP contribution in [0.4, 0.5) is 9.59 Å². The molecule has 0 aliphatic carbocycles. The molecule has 4 aliphatic heterocycles. The molecule has 8 rings (SSSR count). The summed E-state index contributed by atoms with van der Waals surface area (Å²) in [4.78, 5) is 73.1. The molecule has 4 aromatic rings. The van der Waals surface area contributed by atoms with E-state index >= 15 is 0 Å². The smallest absolute Gasteiger partial charge is 0.418 e. The molecule has 0 unspecified atom stereocenters. The predicted octanol–water partition coefficient (Wildman–Crippen LogP) is 4.63. The maximum atomic E-state index is 13.3. The molecule has 0 bridgehead atoms. The van der Waals surface area contributed by atoms with Crippen LogP contribution >= 0.6 is 0 Å². The summed E-state index contributed by atoms with van der Waals surface area (Å²) >= 11 is 0. The number of ether oxygens (including phenoxy) is 2. The minimum Gasteiger partial charge on any atom is -0.432 e. The highest BCUT2D eigenvalue weighted by atomic mass is 16.6. The summed E-state index contributed by atoms with van der Waals surface area (Å²) in [7, 11) is 0. The van der Waals surface area contributed by atoms with Crippen LogP contribution in [0.1, 0.15) is 97.2 Å². The number of nitrogens with one attached hydrogen (secondary N) is 1. The Balaban J connectivity index is 0.000000182. The van der Waals surface area contributed by atoms with Crippen LogP contribution in [0, 0.1) is 33.5 Å². The molecule has 4 fully saturated rings. The van der Waals surface area contributed by atoms with Crippen LogP contribution in [0.2, 0.25) is 0 Å². The normalized spacial score (nSPS) is 19.1. The molecule has 2 spiro atoms. The molecule has 18 heteroatoms. The summed E-state index contributed by atoms with van der Waals surface area (Å²) in [6, 6.07) is 7.69. The largest absolute Gasteiger partial charge is 0.432 e. The van der Waals surface area contributed by atoms with Crippen molar-refractivity contribution in [1.29, 1.82) is 10.5 Å². The van der Waals surface area contributed by atoms with Crippen LogP contribution in [0.25, 0.3) is 22.1 Å². The van der Waals surface area contributed by atoms with Crippen LogP contribution in [-0.4, -0.2) is 112 Å². The van der Waals surface area contributed by atoms with E-state index in [2.05, 4.69) is 78.6 Å². The molecule has 4 aliphatic rings. The van der Waals surface area contributed by atoms with Gasteiger partial charge in [0.05, 0.1) is 13.1 Å². The molecule has 0 atom stereocenters. The van der Waals surface area contributed by atoms with E-state index in [1.807, 2.05) is 33.4 Å². The van der Waals surface area contributed by atoms with Crippen LogP contribution in [0.3, 0.4) is 0 Å². The molecule has 0 saturated carbocycles. The maximum absolute atomic E-state index is 13.3. The summed E-state index contributed by atoms with van der Waals surface area (Å²) in [5.41, 5.74) is 0.527. The Labute approximate surface area is 348 Å². The molecule has 1 N–H and O–H groups in total. The molecule has 4 aromatic heterocycles. The van der Waals surface area contributed by atoms with Crippen molar-refractivity contribution in [3.63, 3.8) is 0 Å². The second kappa shape index (κ2) is 15.9. The summed E-state index contributed by atoms with van der Waals surface area (Å²) in [6.45, 7) is 19.8. The Hall–Kier alpha value is -5.98. The Bertz CT molecular complexity index is 2430. The third-order valence-electron chi connectivity index (χ3n) is 11.3. The SMILES string of the molecule is CC(C)(C)Cn1c(CN2C(=O)OC3(CCNCC3)C2=O)cc2cnc(C#N)nc21.CCN1CCC2(CC1)OC(=O)N(Cc1cc3cnc(C#N)nc3n1CC(C)(C)C)C2=O. The van der Waals surface area contributed by atoms with E-state index < -0.39 is 23.4 Å². The number of piperidine rings is 2. The molecule has 316 valence electrons. The van der Waals surface area contributed by atoms with E-state index in [1.54, 1.807) is 12.4 Å². The zero-order valence-electron chi connectivity index (χ0n) is 35.4. The second-order valence-corrected chi connectivity index (χ2v) is 18.4. The van der Waals surface area contributed by atoms with Crippen molar-refractivity contribution >= 4 is 46.1 Å². The monoisotopic (exact) mass is 820 g/mol. The number of carbonyl (C=O) groups is 4. The maximum Gasteiger partial charge on any atom is 0.418 e. The van der Waals surface area contributed by atoms with Crippen LogP contribution in [0.5, 0.6) is 0 Å². The fourth-order valence-electron chi connectivity index (χ4n) is 8.34. The van der Waals surface area contributed by atoms with Crippen molar-refractivity contribution in [2.75, 3.05) is 32.7 Å². The Morgan fingerprint density at radius 3 is 1.50 bits per heavy atom. The predicted molar refractivity (Wildman–Crippen MR) is 216 cm³/mol. The van der Waals surface area contributed by atoms with Crippen LogP contribution in [0.15, 0.2) is 24.5 Å². The molecule has 18 nitrogen and oxygen atoms in total. The van der Waals surface area contributed by atoms with E-state index in [0.29, 0.717) is 63.2 Å². The molecule has 8 heterocycles. The van der Waals surface area contributed by atoms with E-state index in [4.69, 9.17) is 14.7 Å². The zero-order chi connectivity index (χ0) is 43.2. The van der Waals surface area contributed by atoms with Gasteiger partial charge in [0.25, 0.3) is 11.8 Å². The number of nitriles is 2. The first-order valence-electron chi connectivity index (χ1n) is 20.4.